The van der Waals surface area contributed by atoms with Crippen molar-refractivity contribution in [2.45, 2.75) is 6.54 Å². The summed E-state index contributed by atoms with van der Waals surface area (Å²) in [5.74, 6) is -0.0538. The molecule has 0 aliphatic carbocycles. The SMILES string of the molecule is CNC(=O)Cn1ccc(C=Cc2cccs2)n1. The van der Waals surface area contributed by atoms with Crippen LogP contribution in [0.1, 0.15) is 10.6 Å². The van der Waals surface area contributed by atoms with E-state index in [9.17, 15) is 4.79 Å². The topological polar surface area (TPSA) is 46.9 Å². The standard InChI is InChI=1S/C12H13N3OS/c1-13-12(16)9-15-7-6-10(14-15)4-5-11-3-2-8-17-11/h2-8H,9H2,1H3,(H,13,16). The third-order valence-corrected chi connectivity index (χ3v) is 3.04. The average Bonchev–Trinajstić information content (AvgIpc) is 2.97. The van der Waals surface area contributed by atoms with Crippen LogP contribution >= 0.6 is 11.3 Å². The molecule has 0 saturated heterocycles. The highest BCUT2D eigenvalue weighted by molar-refractivity contribution is 7.10. The number of carbonyl (C=O) groups excluding carboxylic acids is 1. The number of thiophene rings is 1. The van der Waals surface area contributed by atoms with Crippen molar-refractivity contribution in [3.8, 4) is 0 Å². The fraction of sp³-hybridized carbons (Fsp3) is 0.167. The van der Waals surface area contributed by atoms with Crippen molar-refractivity contribution in [2.24, 2.45) is 0 Å². The molecule has 0 aliphatic rings. The molecule has 0 radical (unpaired) electrons. The van der Waals surface area contributed by atoms with Gasteiger partial charge in [0.1, 0.15) is 6.54 Å². The van der Waals surface area contributed by atoms with E-state index in [0.29, 0.717) is 0 Å². The Hall–Kier alpha value is -1.88. The van der Waals surface area contributed by atoms with Crippen molar-refractivity contribution in [3.63, 3.8) is 0 Å². The maximum atomic E-state index is 11.1. The lowest BCUT2D eigenvalue weighted by atomic mass is 10.3. The lowest BCUT2D eigenvalue weighted by molar-refractivity contribution is -0.121. The van der Waals surface area contributed by atoms with Gasteiger partial charge in [0, 0.05) is 18.1 Å². The Bertz CT molecular complexity index is 514. The number of nitrogens with one attached hydrogen (secondary N) is 1. The second-order valence-corrected chi connectivity index (χ2v) is 4.44. The van der Waals surface area contributed by atoms with Crippen molar-refractivity contribution >= 4 is 29.4 Å². The van der Waals surface area contributed by atoms with E-state index in [1.807, 2.05) is 35.7 Å². The van der Waals surface area contributed by atoms with E-state index < -0.39 is 0 Å². The molecule has 1 amide bonds. The van der Waals surface area contributed by atoms with Gasteiger partial charge < -0.3 is 5.32 Å². The monoisotopic (exact) mass is 247 g/mol. The summed E-state index contributed by atoms with van der Waals surface area (Å²) >= 11 is 1.68. The third kappa shape index (κ3) is 3.29. The molecular weight excluding hydrogens is 234 g/mol. The van der Waals surface area contributed by atoms with Gasteiger partial charge in [-0.1, -0.05) is 6.07 Å². The van der Waals surface area contributed by atoms with Gasteiger partial charge in [-0.2, -0.15) is 5.10 Å². The molecule has 0 fully saturated rings. The molecule has 5 heteroatoms. The molecule has 0 atom stereocenters. The molecule has 2 rings (SSSR count). The van der Waals surface area contributed by atoms with Crippen LogP contribution < -0.4 is 5.32 Å². The van der Waals surface area contributed by atoms with Gasteiger partial charge in [-0.15, -0.1) is 11.3 Å². The minimum Gasteiger partial charge on any atom is -0.358 e. The molecule has 4 nitrogen and oxygen atoms in total. The molecule has 88 valence electrons. The summed E-state index contributed by atoms with van der Waals surface area (Å²) in [7, 11) is 1.61. The van der Waals surface area contributed by atoms with E-state index in [0.717, 1.165) is 5.69 Å². The summed E-state index contributed by atoms with van der Waals surface area (Å²) in [5, 5.41) is 8.86. The summed E-state index contributed by atoms with van der Waals surface area (Å²) in [6.07, 6.45) is 5.74. The fourth-order valence-corrected chi connectivity index (χ4v) is 1.95. The van der Waals surface area contributed by atoms with Gasteiger partial charge >= 0.3 is 0 Å². The Labute approximate surface area is 104 Å². The molecule has 2 heterocycles. The van der Waals surface area contributed by atoms with E-state index in [-0.39, 0.29) is 12.5 Å². The molecule has 0 unspecified atom stereocenters. The molecule has 1 N–H and O–H groups in total. The van der Waals surface area contributed by atoms with E-state index in [1.54, 1.807) is 29.3 Å². The van der Waals surface area contributed by atoms with Gasteiger partial charge in [-0.05, 0) is 29.7 Å². The Kier molecular flexibility index (Phi) is 3.72. The molecule has 0 saturated carbocycles. The van der Waals surface area contributed by atoms with Gasteiger partial charge in [-0.25, -0.2) is 0 Å². The minimum absolute atomic E-state index is 0.0538. The summed E-state index contributed by atoms with van der Waals surface area (Å²) in [5.41, 5.74) is 0.849. The normalized spacial score (nSPS) is 10.9. The number of hydrogen-bond acceptors (Lipinski definition) is 3. The predicted molar refractivity (Wildman–Crippen MR) is 69.5 cm³/mol. The molecule has 0 bridgehead atoms. The largest absolute Gasteiger partial charge is 0.358 e. The van der Waals surface area contributed by atoms with Crippen LogP contribution in [-0.2, 0) is 11.3 Å². The quantitative estimate of drug-likeness (QED) is 0.896. The first-order valence-corrected chi connectivity index (χ1v) is 6.11. The summed E-state index contributed by atoms with van der Waals surface area (Å²) < 4.78 is 1.62. The number of likely N-dealkylation sites (N-methyl/N-ethyl adjacent to an activating group) is 1. The molecule has 0 spiro atoms. The Morgan fingerprint density at radius 3 is 3.12 bits per heavy atom. The van der Waals surface area contributed by atoms with Gasteiger partial charge in [0.15, 0.2) is 0 Å². The van der Waals surface area contributed by atoms with Crippen LogP contribution in [0.2, 0.25) is 0 Å². The maximum Gasteiger partial charge on any atom is 0.241 e. The number of carbonyl (C=O) groups is 1. The summed E-state index contributed by atoms with van der Waals surface area (Å²) in [6, 6.07) is 5.93. The van der Waals surface area contributed by atoms with Crippen LogP contribution in [-0.4, -0.2) is 22.7 Å². The first-order chi connectivity index (χ1) is 8.28. The van der Waals surface area contributed by atoms with Gasteiger partial charge in [0.25, 0.3) is 0 Å². The zero-order chi connectivity index (χ0) is 12.1. The van der Waals surface area contributed by atoms with Crippen LogP contribution in [0, 0.1) is 0 Å². The van der Waals surface area contributed by atoms with Crippen molar-refractivity contribution in [3.05, 3.63) is 40.3 Å². The van der Waals surface area contributed by atoms with Crippen molar-refractivity contribution in [2.75, 3.05) is 7.05 Å². The van der Waals surface area contributed by atoms with E-state index in [4.69, 9.17) is 0 Å². The number of amides is 1. The zero-order valence-corrected chi connectivity index (χ0v) is 10.3. The number of hydrogen-bond donors (Lipinski definition) is 1. The first kappa shape index (κ1) is 11.6. The second kappa shape index (κ2) is 5.45. The Balaban J connectivity index is 2.01. The molecule has 0 aliphatic heterocycles. The minimum atomic E-state index is -0.0538. The van der Waals surface area contributed by atoms with Crippen LogP contribution in [0.25, 0.3) is 12.2 Å². The van der Waals surface area contributed by atoms with Gasteiger partial charge in [-0.3, -0.25) is 9.48 Å². The van der Waals surface area contributed by atoms with Gasteiger partial charge in [0.2, 0.25) is 5.91 Å². The highest BCUT2D eigenvalue weighted by atomic mass is 32.1. The Morgan fingerprint density at radius 2 is 2.41 bits per heavy atom. The average molecular weight is 247 g/mol. The van der Waals surface area contributed by atoms with Gasteiger partial charge in [0.05, 0.1) is 5.69 Å². The number of rotatable bonds is 4. The second-order valence-electron chi connectivity index (χ2n) is 3.46. The van der Waals surface area contributed by atoms with E-state index in [2.05, 4.69) is 10.4 Å². The smallest absolute Gasteiger partial charge is 0.241 e. The lowest BCUT2D eigenvalue weighted by Crippen LogP contribution is -2.23. The van der Waals surface area contributed by atoms with Crippen LogP contribution in [0.3, 0.4) is 0 Å². The molecule has 2 aromatic rings. The van der Waals surface area contributed by atoms with Crippen LogP contribution in [0.15, 0.2) is 29.8 Å². The zero-order valence-electron chi connectivity index (χ0n) is 9.46. The van der Waals surface area contributed by atoms with Crippen molar-refractivity contribution < 1.29 is 4.79 Å². The third-order valence-electron chi connectivity index (χ3n) is 2.21. The number of aromatic nitrogens is 2. The fourth-order valence-electron chi connectivity index (χ4n) is 1.33. The van der Waals surface area contributed by atoms with Crippen LogP contribution in [0.5, 0.6) is 0 Å². The maximum absolute atomic E-state index is 11.1. The number of nitrogens with zero attached hydrogens (tertiary/aromatic N) is 2. The first-order valence-electron chi connectivity index (χ1n) is 5.23. The molecular formula is C12H13N3OS. The highest BCUT2D eigenvalue weighted by Crippen LogP contribution is 2.12. The molecule has 17 heavy (non-hydrogen) atoms. The van der Waals surface area contributed by atoms with E-state index in [1.165, 1.54) is 4.88 Å². The Morgan fingerprint density at radius 1 is 1.53 bits per heavy atom. The predicted octanol–water partition coefficient (Wildman–Crippen LogP) is 1.86. The highest BCUT2D eigenvalue weighted by Gasteiger charge is 2.00. The lowest BCUT2D eigenvalue weighted by Gasteiger charge is -1.98. The molecule has 2 aromatic heterocycles. The van der Waals surface area contributed by atoms with Crippen molar-refractivity contribution in [1.82, 2.24) is 15.1 Å². The molecule has 0 aromatic carbocycles. The van der Waals surface area contributed by atoms with Crippen molar-refractivity contribution in [1.29, 1.82) is 0 Å². The summed E-state index contributed by atoms with van der Waals surface area (Å²) in [4.78, 5) is 12.3. The summed E-state index contributed by atoms with van der Waals surface area (Å²) in [6.45, 7) is 0.253. The van der Waals surface area contributed by atoms with Crippen LogP contribution in [0.4, 0.5) is 0 Å². The van der Waals surface area contributed by atoms with E-state index >= 15 is 0 Å².